The van der Waals surface area contributed by atoms with Crippen LogP contribution in [0.4, 0.5) is 13.2 Å². The van der Waals surface area contributed by atoms with Gasteiger partial charge in [0, 0.05) is 19.9 Å². The molecule has 0 aromatic rings. The van der Waals surface area contributed by atoms with Gasteiger partial charge in [-0.05, 0) is 19.4 Å². The van der Waals surface area contributed by atoms with Gasteiger partial charge in [-0.15, -0.1) is 0 Å². The number of alkyl halides is 3. The van der Waals surface area contributed by atoms with Gasteiger partial charge >= 0.3 is 6.18 Å². The highest BCUT2D eigenvalue weighted by atomic mass is 19.4. The Labute approximate surface area is 97.1 Å². The van der Waals surface area contributed by atoms with E-state index < -0.39 is 18.6 Å². The van der Waals surface area contributed by atoms with Crippen LogP contribution in [0.3, 0.4) is 0 Å². The van der Waals surface area contributed by atoms with Gasteiger partial charge < -0.3 is 5.32 Å². The molecule has 0 aromatic heterocycles. The number of nitrogens with one attached hydrogen (secondary N) is 1. The summed E-state index contributed by atoms with van der Waals surface area (Å²) in [5.41, 5.74) is 0. The van der Waals surface area contributed by atoms with E-state index in [1.165, 1.54) is 7.05 Å². The number of hydrogen-bond donors (Lipinski definition) is 1. The number of halogens is 3. The van der Waals surface area contributed by atoms with Gasteiger partial charge in [0.15, 0.2) is 0 Å². The van der Waals surface area contributed by atoms with Crippen LogP contribution in [0.1, 0.15) is 25.7 Å². The van der Waals surface area contributed by atoms with Crippen molar-refractivity contribution in [2.75, 3.05) is 13.6 Å². The normalized spacial score (nSPS) is 22.1. The fourth-order valence-electron chi connectivity index (χ4n) is 1.67. The molecule has 1 heterocycles. The summed E-state index contributed by atoms with van der Waals surface area (Å²) in [6, 6.07) is -0.536. The third kappa shape index (κ3) is 4.33. The van der Waals surface area contributed by atoms with Crippen molar-refractivity contribution in [1.82, 2.24) is 10.2 Å². The van der Waals surface area contributed by atoms with Crippen LogP contribution in [0.5, 0.6) is 0 Å². The highest BCUT2D eigenvalue weighted by molar-refractivity contribution is 6.00. The summed E-state index contributed by atoms with van der Waals surface area (Å²) in [5.74, 6) is -0.614. The van der Waals surface area contributed by atoms with Crippen molar-refractivity contribution in [1.29, 1.82) is 0 Å². The first-order valence-electron chi connectivity index (χ1n) is 5.42. The Morgan fingerprint density at radius 2 is 2.06 bits per heavy atom. The first-order valence-corrected chi connectivity index (χ1v) is 5.42. The second kappa shape index (κ2) is 5.48. The summed E-state index contributed by atoms with van der Waals surface area (Å²) in [6.45, 7) is 0.123. The third-order valence-corrected chi connectivity index (χ3v) is 2.68. The van der Waals surface area contributed by atoms with E-state index >= 15 is 0 Å². The second-order valence-electron chi connectivity index (χ2n) is 4.06. The van der Waals surface area contributed by atoms with Crippen LogP contribution in [0.25, 0.3) is 0 Å². The van der Waals surface area contributed by atoms with Crippen molar-refractivity contribution in [2.24, 2.45) is 0 Å². The zero-order chi connectivity index (χ0) is 13.1. The lowest BCUT2D eigenvalue weighted by molar-refractivity contribution is -0.148. The minimum Gasteiger partial charge on any atom is -0.306 e. The van der Waals surface area contributed by atoms with Crippen molar-refractivity contribution >= 4 is 11.8 Å². The van der Waals surface area contributed by atoms with Gasteiger partial charge in [-0.25, -0.2) is 0 Å². The van der Waals surface area contributed by atoms with Crippen LogP contribution in [-0.4, -0.2) is 42.5 Å². The molecule has 0 aliphatic carbocycles. The topological polar surface area (TPSA) is 49.4 Å². The number of carbonyl (C=O) groups excluding carboxylic acids is 2. The summed E-state index contributed by atoms with van der Waals surface area (Å²) in [7, 11) is 1.38. The van der Waals surface area contributed by atoms with Crippen molar-refractivity contribution in [3.63, 3.8) is 0 Å². The minimum atomic E-state index is -4.16. The number of likely N-dealkylation sites (tertiary alicyclic amines) is 1. The Balaban J connectivity index is 2.28. The number of nitrogens with zero attached hydrogens (tertiary/aromatic N) is 1. The lowest BCUT2D eigenvalue weighted by Gasteiger charge is -2.28. The number of piperidine rings is 1. The van der Waals surface area contributed by atoms with E-state index in [0.29, 0.717) is 6.42 Å². The minimum absolute atomic E-state index is 0.0645. The van der Waals surface area contributed by atoms with Gasteiger partial charge in [0.1, 0.15) is 0 Å². The highest BCUT2D eigenvalue weighted by Gasteiger charge is 2.31. The fraction of sp³-hybridized carbons (Fsp3) is 0.800. The molecule has 1 rings (SSSR count). The van der Waals surface area contributed by atoms with Crippen LogP contribution in [0.2, 0.25) is 0 Å². The molecule has 1 fully saturated rings. The van der Waals surface area contributed by atoms with E-state index in [9.17, 15) is 22.8 Å². The van der Waals surface area contributed by atoms with Crippen LogP contribution in [-0.2, 0) is 9.59 Å². The van der Waals surface area contributed by atoms with Crippen molar-refractivity contribution in [3.05, 3.63) is 0 Å². The molecule has 1 atom stereocenters. The van der Waals surface area contributed by atoms with Gasteiger partial charge in [0.2, 0.25) is 11.8 Å². The van der Waals surface area contributed by atoms with Gasteiger partial charge in [-0.2, -0.15) is 13.2 Å². The lowest BCUT2D eigenvalue weighted by Crippen LogP contribution is -2.51. The second-order valence-corrected chi connectivity index (χ2v) is 4.06. The van der Waals surface area contributed by atoms with Crippen molar-refractivity contribution in [3.8, 4) is 0 Å². The maximum Gasteiger partial charge on any atom is 0.389 e. The molecule has 0 spiro atoms. The molecule has 4 nitrogen and oxygen atoms in total. The molecule has 0 saturated carbocycles. The molecule has 17 heavy (non-hydrogen) atoms. The lowest BCUT2D eigenvalue weighted by atomic mass is 10.0. The van der Waals surface area contributed by atoms with Gasteiger partial charge in [0.05, 0.1) is 6.04 Å². The zero-order valence-corrected chi connectivity index (χ0v) is 9.51. The fourth-order valence-corrected chi connectivity index (χ4v) is 1.67. The summed E-state index contributed by atoms with van der Waals surface area (Å²) < 4.78 is 35.6. The van der Waals surface area contributed by atoms with Crippen LogP contribution in [0.15, 0.2) is 0 Å². The third-order valence-electron chi connectivity index (χ3n) is 2.68. The summed E-state index contributed by atoms with van der Waals surface area (Å²) in [5, 5.41) is 2.75. The average molecular weight is 252 g/mol. The molecule has 0 aromatic carbocycles. The molecule has 2 amide bonds. The molecule has 1 aliphatic heterocycles. The first kappa shape index (κ1) is 14.0. The van der Waals surface area contributed by atoms with Crippen LogP contribution < -0.4 is 5.32 Å². The molecule has 7 heteroatoms. The van der Waals surface area contributed by atoms with Gasteiger partial charge in [-0.3, -0.25) is 14.5 Å². The average Bonchev–Trinajstić information content (AvgIpc) is 2.22. The Morgan fingerprint density at radius 3 is 2.65 bits per heavy atom. The Hall–Kier alpha value is -1.11. The summed E-state index contributed by atoms with van der Waals surface area (Å²) >= 11 is 0. The predicted octanol–water partition coefficient (Wildman–Crippen LogP) is 1.07. The maximum atomic E-state index is 11.9. The molecular weight excluding hydrogens is 237 g/mol. The molecule has 1 saturated heterocycles. The van der Waals surface area contributed by atoms with Crippen molar-refractivity contribution in [2.45, 2.75) is 37.9 Å². The van der Waals surface area contributed by atoms with E-state index in [-0.39, 0.29) is 31.2 Å². The summed E-state index contributed by atoms with van der Waals surface area (Å²) in [6.07, 6.45) is -4.49. The Bertz CT molecular complexity index is 304. The molecule has 1 N–H and O–H groups in total. The molecule has 98 valence electrons. The highest BCUT2D eigenvalue weighted by Crippen LogP contribution is 2.21. The maximum absolute atomic E-state index is 11.9. The van der Waals surface area contributed by atoms with E-state index in [4.69, 9.17) is 0 Å². The van der Waals surface area contributed by atoms with E-state index in [1.54, 1.807) is 0 Å². The number of imide groups is 1. The van der Waals surface area contributed by atoms with E-state index in [2.05, 4.69) is 5.32 Å². The number of rotatable bonds is 4. The first-order chi connectivity index (χ1) is 7.81. The standard InChI is InChI=1S/C10H15F3N2O2/c1-15-8(16)4-3-7(9(15)17)14-6-2-5-10(11,12)13/h7,14H,2-6H2,1H3. The van der Waals surface area contributed by atoms with Gasteiger partial charge in [0.25, 0.3) is 0 Å². The van der Waals surface area contributed by atoms with E-state index in [0.717, 1.165) is 4.90 Å². The SMILES string of the molecule is CN1C(=O)CCC(NCCCC(F)(F)F)C1=O. The molecule has 1 aliphatic rings. The number of likely N-dealkylation sites (N-methyl/N-ethyl adjacent to an activating group) is 1. The van der Waals surface area contributed by atoms with Crippen LogP contribution in [0, 0.1) is 0 Å². The Morgan fingerprint density at radius 1 is 1.41 bits per heavy atom. The molecule has 0 radical (unpaired) electrons. The van der Waals surface area contributed by atoms with E-state index in [1.807, 2.05) is 0 Å². The monoisotopic (exact) mass is 252 g/mol. The summed E-state index contributed by atoms with van der Waals surface area (Å²) in [4.78, 5) is 23.7. The Kier molecular flexibility index (Phi) is 4.50. The predicted molar refractivity (Wildman–Crippen MR) is 54.1 cm³/mol. The number of carbonyl (C=O) groups is 2. The quantitative estimate of drug-likeness (QED) is 0.601. The number of amides is 2. The number of hydrogen-bond acceptors (Lipinski definition) is 3. The van der Waals surface area contributed by atoms with Gasteiger partial charge in [-0.1, -0.05) is 0 Å². The molecular formula is C10H15F3N2O2. The van der Waals surface area contributed by atoms with Crippen LogP contribution >= 0.6 is 0 Å². The van der Waals surface area contributed by atoms with Crippen molar-refractivity contribution < 1.29 is 22.8 Å². The zero-order valence-electron chi connectivity index (χ0n) is 9.51. The molecule has 1 unspecified atom stereocenters. The largest absolute Gasteiger partial charge is 0.389 e. The molecule has 0 bridgehead atoms. The smallest absolute Gasteiger partial charge is 0.306 e.